The van der Waals surface area contributed by atoms with E-state index in [-0.39, 0.29) is 30.1 Å². The monoisotopic (exact) mass is 674 g/mol. The number of carbonyl (C=O) groups excluding carboxylic acids is 2. The van der Waals surface area contributed by atoms with Crippen LogP contribution in [0.5, 0.6) is 0 Å². The summed E-state index contributed by atoms with van der Waals surface area (Å²) in [6.45, 7) is 3.54. The molecule has 3 rings (SSSR count). The molecule has 2 amide bonds. The average molecular weight is 675 g/mol. The molecule has 1 atom stereocenters. The Labute approximate surface area is 270 Å². The van der Waals surface area contributed by atoms with E-state index in [1.807, 2.05) is 0 Å². The molecule has 8 nitrogen and oxygen atoms in total. The van der Waals surface area contributed by atoms with Crippen molar-refractivity contribution in [1.29, 1.82) is 0 Å². The second kappa shape index (κ2) is 17.5. The Hall–Kier alpha value is -3.58. The second-order valence-electron chi connectivity index (χ2n) is 12.1. The van der Waals surface area contributed by atoms with Crippen molar-refractivity contribution in [3.05, 3.63) is 49.8 Å². The van der Waals surface area contributed by atoms with Crippen LogP contribution >= 0.6 is 0 Å². The van der Waals surface area contributed by atoms with Crippen LogP contribution in [0.1, 0.15) is 108 Å². The molecule has 0 bridgehead atoms. The maximum Gasteiger partial charge on any atom is 0.416 e. The van der Waals surface area contributed by atoms with E-state index in [1.165, 1.54) is 12.8 Å². The topological polar surface area (TPSA) is 108 Å². The maximum atomic E-state index is 13.3. The van der Waals surface area contributed by atoms with E-state index >= 15 is 0 Å². The standard InChI is InChI=1S/C33H44F6N4O4/c1-2-3-4-5-6-7-9-15-26(44)42-25(31(47)43-17-12-8-13-18-43)14-10-11-16-40-27-28(30(46)29(27)45)41-24-20-22(32(34,35)36)19-23(21-24)33(37,38)39/h19-21,25,40-41H,2-18H2,1H3,(H,42,44)/t25-/m0/s1. The molecule has 2 aromatic carbocycles. The normalized spacial score (nSPS) is 14.7. The van der Waals surface area contributed by atoms with E-state index in [4.69, 9.17) is 0 Å². The van der Waals surface area contributed by atoms with Crippen molar-refractivity contribution in [2.45, 2.75) is 115 Å². The molecule has 1 aliphatic heterocycles. The fourth-order valence-corrected chi connectivity index (χ4v) is 5.64. The summed E-state index contributed by atoms with van der Waals surface area (Å²) in [6, 6.07) is 0.111. The predicted molar refractivity (Wildman–Crippen MR) is 168 cm³/mol. The number of hydrogen-bond donors (Lipinski definition) is 3. The number of likely N-dealkylation sites (tertiary alicyclic amines) is 1. The highest BCUT2D eigenvalue weighted by atomic mass is 19.4. The highest BCUT2D eigenvalue weighted by Gasteiger charge is 2.37. The molecule has 0 aliphatic carbocycles. The second-order valence-corrected chi connectivity index (χ2v) is 12.1. The number of carbonyl (C=O) groups is 2. The van der Waals surface area contributed by atoms with Gasteiger partial charge in [-0.3, -0.25) is 19.2 Å². The van der Waals surface area contributed by atoms with E-state index in [0.717, 1.165) is 51.4 Å². The van der Waals surface area contributed by atoms with Gasteiger partial charge in [0.2, 0.25) is 11.8 Å². The quantitative estimate of drug-likeness (QED) is 0.0872. The Morgan fingerprint density at radius 2 is 1.34 bits per heavy atom. The van der Waals surface area contributed by atoms with Gasteiger partial charge in [0.15, 0.2) is 0 Å². The van der Waals surface area contributed by atoms with Gasteiger partial charge >= 0.3 is 12.4 Å². The average Bonchev–Trinajstić information content (AvgIpc) is 3.03. The fraction of sp³-hybridized carbons (Fsp3) is 0.636. The van der Waals surface area contributed by atoms with Crippen LogP contribution in [-0.4, -0.2) is 42.4 Å². The van der Waals surface area contributed by atoms with Gasteiger partial charge in [-0.05, 0) is 63.1 Å². The summed E-state index contributed by atoms with van der Waals surface area (Å²) in [6.07, 6.45) is 1.62. The third-order valence-corrected chi connectivity index (χ3v) is 8.30. The van der Waals surface area contributed by atoms with Gasteiger partial charge in [-0.25, -0.2) is 0 Å². The molecular weight excluding hydrogens is 630 g/mol. The summed E-state index contributed by atoms with van der Waals surface area (Å²) in [4.78, 5) is 52.1. The van der Waals surface area contributed by atoms with Crippen LogP contribution in [0.3, 0.4) is 0 Å². The molecule has 2 aromatic rings. The zero-order valence-corrected chi connectivity index (χ0v) is 26.7. The lowest BCUT2D eigenvalue weighted by atomic mass is 10.0. The van der Waals surface area contributed by atoms with Crippen LogP contribution in [0.25, 0.3) is 0 Å². The Kier molecular flexibility index (Phi) is 14.1. The number of hydrogen-bond acceptors (Lipinski definition) is 6. The molecule has 0 aromatic heterocycles. The number of rotatable bonds is 18. The first-order chi connectivity index (χ1) is 22.2. The Morgan fingerprint density at radius 3 is 1.94 bits per heavy atom. The summed E-state index contributed by atoms with van der Waals surface area (Å²) in [7, 11) is 0. The van der Waals surface area contributed by atoms with Gasteiger partial charge in [-0.15, -0.1) is 0 Å². The summed E-state index contributed by atoms with van der Waals surface area (Å²) >= 11 is 0. The number of benzene rings is 1. The SMILES string of the molecule is CCCCCCCCCC(=O)N[C@@H](CCCCNc1c(Nc2cc(C(F)(F)F)cc(C(F)(F)F)c2)c(=O)c1=O)C(=O)N1CCCCC1. The Bertz CT molecular complexity index is 1360. The molecule has 0 radical (unpaired) electrons. The zero-order valence-electron chi connectivity index (χ0n) is 26.7. The minimum absolute atomic E-state index is 0.0339. The van der Waals surface area contributed by atoms with Gasteiger partial charge in [0.05, 0.1) is 11.1 Å². The summed E-state index contributed by atoms with van der Waals surface area (Å²) in [5.74, 6) is -0.325. The van der Waals surface area contributed by atoms with E-state index in [2.05, 4.69) is 22.9 Å². The largest absolute Gasteiger partial charge is 0.416 e. The van der Waals surface area contributed by atoms with Gasteiger partial charge in [0, 0.05) is 31.7 Å². The number of alkyl halides is 6. The van der Waals surface area contributed by atoms with Crippen LogP contribution in [0, 0.1) is 0 Å². The van der Waals surface area contributed by atoms with Crippen molar-refractivity contribution in [1.82, 2.24) is 10.2 Å². The third kappa shape index (κ3) is 11.6. The lowest BCUT2D eigenvalue weighted by Crippen LogP contribution is -2.50. The molecule has 262 valence electrons. The number of nitrogens with one attached hydrogen (secondary N) is 3. The molecule has 1 heterocycles. The molecule has 14 heteroatoms. The van der Waals surface area contributed by atoms with E-state index in [1.54, 1.807) is 4.90 Å². The van der Waals surface area contributed by atoms with Gasteiger partial charge in [-0.1, -0.05) is 45.4 Å². The lowest BCUT2D eigenvalue weighted by molar-refractivity contribution is -0.143. The first-order valence-corrected chi connectivity index (χ1v) is 16.4. The summed E-state index contributed by atoms with van der Waals surface area (Å²) < 4.78 is 79.4. The number of amides is 2. The van der Waals surface area contributed by atoms with Crippen molar-refractivity contribution in [3.63, 3.8) is 0 Å². The molecule has 0 spiro atoms. The smallest absolute Gasteiger partial charge is 0.380 e. The maximum absolute atomic E-state index is 13.3. The molecule has 0 saturated carbocycles. The van der Waals surface area contributed by atoms with Crippen LogP contribution < -0.4 is 26.8 Å². The first-order valence-electron chi connectivity index (χ1n) is 16.4. The predicted octanol–water partition coefficient (Wildman–Crippen LogP) is 7.28. The Balaban J connectivity index is 1.56. The zero-order chi connectivity index (χ0) is 34.6. The highest BCUT2D eigenvalue weighted by Crippen LogP contribution is 2.38. The minimum atomic E-state index is -5.08. The molecular formula is C33H44F6N4O4. The van der Waals surface area contributed by atoms with Crippen molar-refractivity contribution in [2.24, 2.45) is 0 Å². The summed E-state index contributed by atoms with van der Waals surface area (Å²) in [5, 5.41) is 7.88. The van der Waals surface area contributed by atoms with Gasteiger partial charge in [0.25, 0.3) is 10.9 Å². The van der Waals surface area contributed by atoms with Gasteiger partial charge in [-0.2, -0.15) is 26.3 Å². The molecule has 47 heavy (non-hydrogen) atoms. The van der Waals surface area contributed by atoms with Gasteiger partial charge in [0.1, 0.15) is 17.4 Å². The van der Waals surface area contributed by atoms with Crippen molar-refractivity contribution in [3.8, 4) is 0 Å². The highest BCUT2D eigenvalue weighted by molar-refractivity contribution is 5.87. The van der Waals surface area contributed by atoms with Crippen molar-refractivity contribution in [2.75, 3.05) is 30.3 Å². The Morgan fingerprint density at radius 1 is 0.766 bits per heavy atom. The molecule has 1 fully saturated rings. The number of piperidine rings is 1. The van der Waals surface area contributed by atoms with E-state index in [9.17, 15) is 45.5 Å². The molecule has 0 unspecified atom stereocenters. The van der Waals surface area contributed by atoms with E-state index < -0.39 is 51.8 Å². The van der Waals surface area contributed by atoms with E-state index in [0.29, 0.717) is 50.9 Å². The van der Waals surface area contributed by atoms with Crippen molar-refractivity contribution < 1.29 is 35.9 Å². The third-order valence-electron chi connectivity index (χ3n) is 8.30. The van der Waals surface area contributed by atoms with Crippen LogP contribution in [-0.2, 0) is 21.9 Å². The number of unbranched alkanes of at least 4 members (excludes halogenated alkanes) is 7. The number of halogens is 6. The minimum Gasteiger partial charge on any atom is -0.380 e. The van der Waals surface area contributed by atoms with Crippen LogP contribution in [0.4, 0.5) is 43.4 Å². The lowest BCUT2D eigenvalue weighted by Gasteiger charge is -2.31. The fourth-order valence-electron chi connectivity index (χ4n) is 5.64. The molecule has 1 saturated heterocycles. The number of anilines is 3. The molecule has 3 N–H and O–H groups in total. The van der Waals surface area contributed by atoms with Crippen LogP contribution in [0.15, 0.2) is 27.8 Å². The van der Waals surface area contributed by atoms with Crippen LogP contribution in [0.2, 0.25) is 0 Å². The first kappa shape index (κ1) is 37.9. The number of nitrogens with zero attached hydrogens (tertiary/aromatic N) is 1. The van der Waals surface area contributed by atoms with Crippen molar-refractivity contribution >= 4 is 28.9 Å². The molecule has 1 aliphatic rings. The van der Waals surface area contributed by atoms with Gasteiger partial charge < -0.3 is 20.9 Å². The summed E-state index contributed by atoms with van der Waals surface area (Å²) in [5.41, 5.74) is -6.48.